The normalized spacial score (nSPS) is 10.8. The molecule has 0 fully saturated rings. The number of nitrogens with one attached hydrogen (secondary N) is 1. The van der Waals surface area contributed by atoms with E-state index in [1.165, 1.54) is 42.4 Å². The quantitative estimate of drug-likeness (QED) is 0.553. The standard InChI is InChI=1S/C19H15FN6O3/c1-29-15-5-3-2-4-14(15)22-16(27)10-25-11-21-18-17(19(25)28)23-24-26(18)13-8-6-12(20)7-9-13/h2-9,11H,10H2,1H3,(H,22,27). The first-order valence-corrected chi connectivity index (χ1v) is 8.56. The van der Waals surface area contributed by atoms with Crippen LogP contribution in [0, 0.1) is 5.82 Å². The predicted octanol–water partition coefficient (Wildman–Crippen LogP) is 1.76. The number of halogens is 1. The number of carbonyl (C=O) groups is 1. The maximum atomic E-state index is 13.1. The summed E-state index contributed by atoms with van der Waals surface area (Å²) < 4.78 is 20.8. The molecule has 0 bridgehead atoms. The number of para-hydroxylation sites is 2. The highest BCUT2D eigenvalue weighted by molar-refractivity contribution is 5.92. The van der Waals surface area contributed by atoms with Gasteiger partial charge in [-0.05, 0) is 36.4 Å². The number of amides is 1. The van der Waals surface area contributed by atoms with Crippen molar-refractivity contribution in [1.29, 1.82) is 0 Å². The number of ether oxygens (including phenoxy) is 1. The molecule has 4 aromatic rings. The molecule has 0 aliphatic heterocycles. The Morgan fingerprint density at radius 1 is 1.17 bits per heavy atom. The highest BCUT2D eigenvalue weighted by Gasteiger charge is 2.15. The second kappa shape index (κ2) is 7.50. The fourth-order valence-corrected chi connectivity index (χ4v) is 2.81. The number of methoxy groups -OCH3 is 1. The zero-order chi connectivity index (χ0) is 20.4. The summed E-state index contributed by atoms with van der Waals surface area (Å²) in [4.78, 5) is 29.2. The average molecular weight is 394 g/mol. The van der Waals surface area contributed by atoms with Gasteiger partial charge in [-0.1, -0.05) is 17.3 Å². The molecule has 146 valence electrons. The molecule has 1 amide bonds. The minimum Gasteiger partial charge on any atom is -0.495 e. The first kappa shape index (κ1) is 18.3. The molecule has 0 saturated heterocycles. The number of rotatable bonds is 5. The Labute approximate surface area is 163 Å². The van der Waals surface area contributed by atoms with E-state index < -0.39 is 17.3 Å². The molecular formula is C19H15FN6O3. The highest BCUT2D eigenvalue weighted by Crippen LogP contribution is 2.22. The first-order valence-electron chi connectivity index (χ1n) is 8.56. The van der Waals surface area contributed by atoms with Crippen LogP contribution >= 0.6 is 0 Å². The first-order chi connectivity index (χ1) is 14.1. The summed E-state index contributed by atoms with van der Waals surface area (Å²) in [6.07, 6.45) is 1.25. The molecule has 0 aliphatic carbocycles. The van der Waals surface area contributed by atoms with E-state index in [1.807, 2.05) is 0 Å². The zero-order valence-electron chi connectivity index (χ0n) is 15.2. The molecule has 2 aromatic carbocycles. The minimum atomic E-state index is -0.515. The Hall–Kier alpha value is -4.08. The summed E-state index contributed by atoms with van der Waals surface area (Å²) in [6.45, 7) is -0.261. The van der Waals surface area contributed by atoms with E-state index in [0.29, 0.717) is 17.1 Å². The molecule has 1 N–H and O–H groups in total. The Balaban J connectivity index is 1.60. The number of aromatic nitrogens is 5. The van der Waals surface area contributed by atoms with Crippen molar-refractivity contribution >= 4 is 22.8 Å². The van der Waals surface area contributed by atoms with Gasteiger partial charge in [0.1, 0.15) is 24.4 Å². The molecule has 0 unspecified atom stereocenters. The van der Waals surface area contributed by atoms with Crippen molar-refractivity contribution < 1.29 is 13.9 Å². The number of benzene rings is 2. The third-order valence-electron chi connectivity index (χ3n) is 4.20. The van der Waals surface area contributed by atoms with Crippen molar-refractivity contribution in [3.8, 4) is 11.4 Å². The average Bonchev–Trinajstić information content (AvgIpc) is 3.16. The van der Waals surface area contributed by atoms with Crippen LogP contribution in [-0.2, 0) is 11.3 Å². The highest BCUT2D eigenvalue weighted by atomic mass is 19.1. The maximum absolute atomic E-state index is 13.1. The number of hydrogen-bond donors (Lipinski definition) is 1. The monoisotopic (exact) mass is 394 g/mol. The van der Waals surface area contributed by atoms with E-state index in [1.54, 1.807) is 24.3 Å². The number of anilines is 1. The van der Waals surface area contributed by atoms with E-state index in [4.69, 9.17) is 4.74 Å². The molecule has 10 heteroatoms. The number of hydrogen-bond acceptors (Lipinski definition) is 6. The SMILES string of the molecule is COc1ccccc1NC(=O)Cn1cnc2c(nnn2-c2ccc(F)cc2)c1=O. The van der Waals surface area contributed by atoms with Crippen LogP contribution in [0.5, 0.6) is 5.75 Å². The summed E-state index contributed by atoms with van der Waals surface area (Å²) in [5, 5.41) is 10.5. The lowest BCUT2D eigenvalue weighted by Crippen LogP contribution is -2.28. The van der Waals surface area contributed by atoms with Crippen LogP contribution in [0.3, 0.4) is 0 Å². The third kappa shape index (κ3) is 3.55. The molecule has 0 spiro atoms. The van der Waals surface area contributed by atoms with Crippen molar-refractivity contribution in [2.45, 2.75) is 6.54 Å². The molecular weight excluding hydrogens is 379 g/mol. The van der Waals surface area contributed by atoms with Gasteiger partial charge in [0.25, 0.3) is 5.56 Å². The topological polar surface area (TPSA) is 104 Å². The lowest BCUT2D eigenvalue weighted by molar-refractivity contribution is -0.116. The summed E-state index contributed by atoms with van der Waals surface area (Å²) in [5.74, 6) is -0.317. The van der Waals surface area contributed by atoms with E-state index in [9.17, 15) is 14.0 Å². The minimum absolute atomic E-state index is 0.00177. The van der Waals surface area contributed by atoms with Gasteiger partial charge in [-0.25, -0.2) is 9.37 Å². The van der Waals surface area contributed by atoms with Gasteiger partial charge in [-0.2, -0.15) is 4.68 Å². The fraction of sp³-hybridized carbons (Fsp3) is 0.105. The van der Waals surface area contributed by atoms with Gasteiger partial charge in [0.2, 0.25) is 5.91 Å². The Bertz CT molecular complexity index is 1250. The summed E-state index contributed by atoms with van der Waals surface area (Å²) >= 11 is 0. The van der Waals surface area contributed by atoms with Crippen LogP contribution in [0.15, 0.2) is 59.7 Å². The largest absolute Gasteiger partial charge is 0.495 e. The molecule has 4 rings (SSSR count). The molecule has 0 aliphatic rings. The maximum Gasteiger partial charge on any atom is 0.284 e. The molecule has 2 aromatic heterocycles. The number of carbonyl (C=O) groups excluding carboxylic acids is 1. The lowest BCUT2D eigenvalue weighted by Gasteiger charge is -2.10. The van der Waals surface area contributed by atoms with Gasteiger partial charge < -0.3 is 10.1 Å². The second-order valence-electron chi connectivity index (χ2n) is 6.08. The second-order valence-corrected chi connectivity index (χ2v) is 6.08. The summed E-state index contributed by atoms with van der Waals surface area (Å²) in [7, 11) is 1.50. The predicted molar refractivity (Wildman–Crippen MR) is 103 cm³/mol. The van der Waals surface area contributed by atoms with E-state index in [2.05, 4.69) is 20.6 Å². The van der Waals surface area contributed by atoms with Crippen molar-refractivity contribution in [2.24, 2.45) is 0 Å². The van der Waals surface area contributed by atoms with Crippen LogP contribution in [0.4, 0.5) is 10.1 Å². The molecule has 2 heterocycles. The van der Waals surface area contributed by atoms with Gasteiger partial charge >= 0.3 is 0 Å². The van der Waals surface area contributed by atoms with Crippen LogP contribution in [0.2, 0.25) is 0 Å². The van der Waals surface area contributed by atoms with Crippen molar-refractivity contribution in [3.05, 3.63) is 71.0 Å². The fourth-order valence-electron chi connectivity index (χ4n) is 2.81. The van der Waals surface area contributed by atoms with Crippen LogP contribution < -0.4 is 15.6 Å². The summed E-state index contributed by atoms with van der Waals surface area (Å²) in [5.41, 5.74) is 0.695. The lowest BCUT2D eigenvalue weighted by atomic mass is 10.3. The van der Waals surface area contributed by atoms with Crippen LogP contribution in [0.1, 0.15) is 0 Å². The summed E-state index contributed by atoms with van der Waals surface area (Å²) in [6, 6.07) is 12.5. The Morgan fingerprint density at radius 3 is 2.69 bits per heavy atom. The Morgan fingerprint density at radius 2 is 1.93 bits per heavy atom. The van der Waals surface area contributed by atoms with Crippen molar-refractivity contribution in [2.75, 3.05) is 12.4 Å². The zero-order valence-corrected chi connectivity index (χ0v) is 15.2. The van der Waals surface area contributed by atoms with E-state index in [-0.39, 0.29) is 17.7 Å². The Kier molecular flexibility index (Phi) is 4.73. The van der Waals surface area contributed by atoms with E-state index >= 15 is 0 Å². The van der Waals surface area contributed by atoms with Crippen LogP contribution in [0.25, 0.3) is 16.9 Å². The molecule has 9 nitrogen and oxygen atoms in total. The van der Waals surface area contributed by atoms with Crippen molar-refractivity contribution in [3.63, 3.8) is 0 Å². The number of nitrogens with zero attached hydrogens (tertiary/aromatic N) is 5. The number of fused-ring (bicyclic) bond motifs is 1. The van der Waals surface area contributed by atoms with Crippen LogP contribution in [-0.4, -0.2) is 37.6 Å². The van der Waals surface area contributed by atoms with Crippen molar-refractivity contribution in [1.82, 2.24) is 24.5 Å². The molecule has 0 atom stereocenters. The van der Waals surface area contributed by atoms with E-state index in [0.717, 1.165) is 4.57 Å². The van der Waals surface area contributed by atoms with Gasteiger partial charge in [-0.15, -0.1) is 5.10 Å². The van der Waals surface area contributed by atoms with Gasteiger partial charge in [0.15, 0.2) is 11.2 Å². The molecule has 29 heavy (non-hydrogen) atoms. The van der Waals surface area contributed by atoms with Gasteiger partial charge in [-0.3, -0.25) is 14.2 Å². The van der Waals surface area contributed by atoms with Gasteiger partial charge in [0, 0.05) is 0 Å². The van der Waals surface area contributed by atoms with Gasteiger partial charge in [0.05, 0.1) is 18.5 Å². The third-order valence-corrected chi connectivity index (χ3v) is 4.20. The molecule has 0 radical (unpaired) electrons. The molecule has 0 saturated carbocycles. The smallest absolute Gasteiger partial charge is 0.284 e.